The van der Waals surface area contributed by atoms with Crippen LogP contribution in [0.4, 0.5) is 0 Å². The van der Waals surface area contributed by atoms with E-state index in [0.717, 1.165) is 32.5 Å². The van der Waals surface area contributed by atoms with E-state index in [9.17, 15) is 0 Å². The highest BCUT2D eigenvalue weighted by Crippen LogP contribution is 1.95. The molecule has 13 heavy (non-hydrogen) atoms. The maximum atomic E-state index is 5.37. The average Bonchev–Trinajstić information content (AvgIpc) is 2.51. The number of hydrogen-bond donors (Lipinski definition) is 2. The van der Waals surface area contributed by atoms with Gasteiger partial charge in [-0.05, 0) is 38.0 Å². The van der Waals surface area contributed by atoms with Gasteiger partial charge in [-0.15, -0.1) is 0 Å². The van der Waals surface area contributed by atoms with Gasteiger partial charge in [0, 0.05) is 13.2 Å². The van der Waals surface area contributed by atoms with Crippen LogP contribution in [0.3, 0.4) is 0 Å². The van der Waals surface area contributed by atoms with Crippen LogP contribution in [0.1, 0.15) is 12.0 Å². The summed E-state index contributed by atoms with van der Waals surface area (Å²) in [6, 6.07) is 0. The smallest absolute Gasteiger partial charge is 0.0522 e. The molecule has 1 heterocycles. The molecule has 1 rings (SSSR count). The van der Waals surface area contributed by atoms with E-state index in [-0.39, 0.29) is 0 Å². The predicted molar refractivity (Wildman–Crippen MR) is 53.5 cm³/mol. The second kappa shape index (κ2) is 5.72. The van der Waals surface area contributed by atoms with Gasteiger partial charge in [0.15, 0.2) is 0 Å². The van der Waals surface area contributed by atoms with Crippen molar-refractivity contribution >= 4 is 0 Å². The third-order valence-electron chi connectivity index (χ3n) is 1.91. The van der Waals surface area contributed by atoms with E-state index >= 15 is 0 Å². The molecule has 0 radical (unpaired) electrons. The highest BCUT2D eigenvalue weighted by Gasteiger charge is 1.94. The van der Waals surface area contributed by atoms with Gasteiger partial charge in [-0.25, -0.2) is 0 Å². The molecule has 4 heteroatoms. The van der Waals surface area contributed by atoms with Crippen molar-refractivity contribution in [2.45, 2.75) is 12.8 Å². The lowest BCUT2D eigenvalue weighted by Gasteiger charge is -2.01. The van der Waals surface area contributed by atoms with Crippen LogP contribution in [0.15, 0.2) is 12.4 Å². The first-order valence-electron chi connectivity index (χ1n) is 4.71. The van der Waals surface area contributed by atoms with Crippen molar-refractivity contribution in [1.82, 2.24) is 15.1 Å². The molecular formula is C9H18N4. The molecule has 0 fully saturated rings. The first-order valence-corrected chi connectivity index (χ1v) is 4.71. The number of rotatable bonds is 6. The first-order chi connectivity index (χ1) is 6.33. The van der Waals surface area contributed by atoms with Crippen LogP contribution in [0.2, 0.25) is 0 Å². The van der Waals surface area contributed by atoms with Gasteiger partial charge < -0.3 is 11.1 Å². The summed E-state index contributed by atoms with van der Waals surface area (Å²) in [5.41, 5.74) is 6.65. The lowest BCUT2D eigenvalue weighted by atomic mass is 10.2. The molecule has 0 saturated carbocycles. The van der Waals surface area contributed by atoms with Crippen molar-refractivity contribution < 1.29 is 0 Å². The van der Waals surface area contributed by atoms with Gasteiger partial charge in [-0.2, -0.15) is 5.10 Å². The summed E-state index contributed by atoms with van der Waals surface area (Å²) >= 11 is 0. The topological polar surface area (TPSA) is 55.9 Å². The molecule has 1 aromatic rings. The quantitative estimate of drug-likeness (QED) is 0.604. The Morgan fingerprint density at radius 3 is 3.00 bits per heavy atom. The molecule has 0 bridgehead atoms. The Labute approximate surface area is 79.1 Å². The van der Waals surface area contributed by atoms with Crippen molar-refractivity contribution in [3.05, 3.63) is 18.0 Å². The normalized spacial score (nSPS) is 10.6. The summed E-state index contributed by atoms with van der Waals surface area (Å²) in [5.74, 6) is 0. The summed E-state index contributed by atoms with van der Waals surface area (Å²) in [6.45, 7) is 2.78. The molecule has 0 amide bonds. The lowest BCUT2D eigenvalue weighted by molar-refractivity contribution is 0.653. The Morgan fingerprint density at radius 2 is 2.38 bits per heavy atom. The highest BCUT2D eigenvalue weighted by molar-refractivity contribution is 5.03. The van der Waals surface area contributed by atoms with E-state index < -0.39 is 0 Å². The van der Waals surface area contributed by atoms with Gasteiger partial charge in [0.2, 0.25) is 0 Å². The van der Waals surface area contributed by atoms with Crippen LogP contribution >= 0.6 is 0 Å². The van der Waals surface area contributed by atoms with Gasteiger partial charge >= 0.3 is 0 Å². The minimum absolute atomic E-state index is 0.764. The van der Waals surface area contributed by atoms with Crippen LogP contribution < -0.4 is 11.1 Å². The minimum Gasteiger partial charge on any atom is -0.330 e. The number of aryl methyl sites for hydroxylation is 1. The van der Waals surface area contributed by atoms with Crippen molar-refractivity contribution in [3.63, 3.8) is 0 Å². The van der Waals surface area contributed by atoms with Crippen molar-refractivity contribution in [3.8, 4) is 0 Å². The fourth-order valence-corrected chi connectivity index (χ4v) is 1.19. The number of nitrogens with two attached hydrogens (primary N) is 1. The van der Waals surface area contributed by atoms with Crippen LogP contribution in [-0.4, -0.2) is 29.4 Å². The van der Waals surface area contributed by atoms with Crippen LogP contribution in [0.5, 0.6) is 0 Å². The molecular weight excluding hydrogens is 164 g/mol. The van der Waals surface area contributed by atoms with Gasteiger partial charge in [0.25, 0.3) is 0 Å². The number of aromatic nitrogens is 2. The Balaban J connectivity index is 2.06. The molecule has 0 aliphatic carbocycles. The molecule has 0 spiro atoms. The van der Waals surface area contributed by atoms with Crippen molar-refractivity contribution in [2.75, 3.05) is 19.6 Å². The standard InChI is InChI=1S/C9H18N4/c1-13-8-9(7-12-13)3-6-11-5-2-4-10/h7-8,11H,2-6,10H2,1H3. The molecule has 0 aromatic carbocycles. The summed E-state index contributed by atoms with van der Waals surface area (Å²) in [5, 5.41) is 7.43. The van der Waals surface area contributed by atoms with E-state index in [2.05, 4.69) is 10.4 Å². The van der Waals surface area contributed by atoms with Gasteiger partial charge in [-0.3, -0.25) is 4.68 Å². The third kappa shape index (κ3) is 4.05. The van der Waals surface area contributed by atoms with E-state index in [1.165, 1.54) is 5.56 Å². The van der Waals surface area contributed by atoms with Crippen LogP contribution in [-0.2, 0) is 13.5 Å². The molecule has 0 aliphatic rings. The van der Waals surface area contributed by atoms with E-state index in [4.69, 9.17) is 5.73 Å². The molecule has 1 aromatic heterocycles. The minimum atomic E-state index is 0.764. The SMILES string of the molecule is Cn1cc(CCNCCCN)cn1. The maximum absolute atomic E-state index is 5.37. The summed E-state index contributed by atoms with van der Waals surface area (Å²) in [4.78, 5) is 0. The zero-order chi connectivity index (χ0) is 9.52. The zero-order valence-corrected chi connectivity index (χ0v) is 8.16. The number of hydrogen-bond acceptors (Lipinski definition) is 3. The number of nitrogens with zero attached hydrogens (tertiary/aromatic N) is 2. The van der Waals surface area contributed by atoms with Crippen molar-refractivity contribution in [2.24, 2.45) is 12.8 Å². The maximum Gasteiger partial charge on any atom is 0.0522 e. The first kappa shape index (κ1) is 10.2. The molecule has 4 nitrogen and oxygen atoms in total. The fourth-order valence-electron chi connectivity index (χ4n) is 1.19. The van der Waals surface area contributed by atoms with Crippen LogP contribution in [0, 0.1) is 0 Å². The summed E-state index contributed by atoms with van der Waals surface area (Å²) < 4.78 is 1.83. The summed E-state index contributed by atoms with van der Waals surface area (Å²) in [6.07, 6.45) is 6.04. The van der Waals surface area contributed by atoms with Gasteiger partial charge in [0.05, 0.1) is 6.20 Å². The lowest BCUT2D eigenvalue weighted by Crippen LogP contribution is -2.20. The van der Waals surface area contributed by atoms with Gasteiger partial charge in [-0.1, -0.05) is 0 Å². The Hall–Kier alpha value is -0.870. The fraction of sp³-hybridized carbons (Fsp3) is 0.667. The second-order valence-corrected chi connectivity index (χ2v) is 3.16. The molecule has 0 saturated heterocycles. The summed E-state index contributed by atoms with van der Waals surface area (Å²) in [7, 11) is 1.94. The Morgan fingerprint density at radius 1 is 1.54 bits per heavy atom. The zero-order valence-electron chi connectivity index (χ0n) is 8.16. The van der Waals surface area contributed by atoms with E-state index in [0.29, 0.717) is 0 Å². The monoisotopic (exact) mass is 182 g/mol. The molecule has 0 unspecified atom stereocenters. The van der Waals surface area contributed by atoms with E-state index in [1.54, 1.807) is 0 Å². The van der Waals surface area contributed by atoms with Gasteiger partial charge in [0.1, 0.15) is 0 Å². The Kier molecular flexibility index (Phi) is 4.49. The Bertz CT molecular complexity index is 231. The average molecular weight is 182 g/mol. The molecule has 0 aliphatic heterocycles. The molecule has 3 N–H and O–H groups in total. The second-order valence-electron chi connectivity index (χ2n) is 3.16. The van der Waals surface area contributed by atoms with Crippen molar-refractivity contribution in [1.29, 1.82) is 0 Å². The van der Waals surface area contributed by atoms with E-state index in [1.807, 2.05) is 24.1 Å². The molecule has 0 atom stereocenters. The largest absolute Gasteiger partial charge is 0.330 e. The number of nitrogens with one attached hydrogen (secondary N) is 1. The molecule has 74 valence electrons. The third-order valence-corrected chi connectivity index (χ3v) is 1.91. The highest BCUT2D eigenvalue weighted by atomic mass is 15.2. The van der Waals surface area contributed by atoms with Crippen LogP contribution in [0.25, 0.3) is 0 Å². The predicted octanol–water partition coefficient (Wildman–Crippen LogP) is -0.0990.